The fourth-order valence-corrected chi connectivity index (χ4v) is 2.49. The Bertz CT molecular complexity index is 836. The molecule has 2 aromatic rings. The fraction of sp³-hybridized carbons (Fsp3) is 0.250. The Morgan fingerprint density at radius 1 is 1.42 bits per heavy atom. The van der Waals surface area contributed by atoms with Gasteiger partial charge in [0.05, 0.1) is 12.1 Å². The molecule has 136 valence electrons. The molecule has 1 aromatic heterocycles. The minimum Gasteiger partial charge on any atom is -0.480 e. The molecule has 0 aliphatic carbocycles. The van der Waals surface area contributed by atoms with Crippen molar-refractivity contribution in [2.45, 2.75) is 25.0 Å². The van der Waals surface area contributed by atoms with Crippen LogP contribution in [0.25, 0.3) is 0 Å². The summed E-state index contributed by atoms with van der Waals surface area (Å²) in [7, 11) is 0. The number of aliphatic carboxylic acids is 1. The molecule has 1 unspecified atom stereocenters. The number of hydrogen-bond donors (Lipinski definition) is 5. The van der Waals surface area contributed by atoms with E-state index in [1.54, 1.807) is 24.4 Å². The second-order valence-electron chi connectivity index (χ2n) is 5.77. The third-order valence-electron chi connectivity index (χ3n) is 3.76. The summed E-state index contributed by atoms with van der Waals surface area (Å²) < 4.78 is 5.59. The summed E-state index contributed by atoms with van der Waals surface area (Å²) in [4.78, 5) is 41.6. The van der Waals surface area contributed by atoms with Crippen molar-refractivity contribution in [2.24, 2.45) is 5.73 Å². The largest absolute Gasteiger partial charge is 0.480 e. The molecule has 26 heavy (non-hydrogen) atoms. The highest BCUT2D eigenvalue weighted by Gasteiger charge is 2.30. The number of amides is 2. The molecule has 10 heteroatoms. The number of nitrogens with two attached hydrogens (primary N) is 1. The Morgan fingerprint density at radius 3 is 2.92 bits per heavy atom. The van der Waals surface area contributed by atoms with Crippen LogP contribution in [0.2, 0.25) is 0 Å². The van der Waals surface area contributed by atoms with Gasteiger partial charge >= 0.3 is 5.97 Å². The van der Waals surface area contributed by atoms with E-state index in [2.05, 4.69) is 20.6 Å². The topological polar surface area (TPSA) is 159 Å². The number of benzene rings is 1. The first-order chi connectivity index (χ1) is 12.4. The molecule has 0 saturated carbocycles. The smallest absolute Gasteiger partial charge is 0.320 e. The zero-order valence-corrected chi connectivity index (χ0v) is 13.6. The van der Waals surface area contributed by atoms with Crippen molar-refractivity contribution in [3.8, 4) is 5.75 Å². The van der Waals surface area contributed by atoms with Gasteiger partial charge in [0.2, 0.25) is 11.9 Å². The predicted octanol–water partition coefficient (Wildman–Crippen LogP) is 0.0924. The van der Waals surface area contributed by atoms with Crippen LogP contribution in [-0.2, 0) is 20.8 Å². The predicted molar refractivity (Wildman–Crippen MR) is 90.6 cm³/mol. The number of carbonyl (C=O) groups is 3. The van der Waals surface area contributed by atoms with Crippen LogP contribution in [-0.4, -0.2) is 45.0 Å². The molecule has 1 aromatic carbocycles. The number of imidazole rings is 1. The summed E-state index contributed by atoms with van der Waals surface area (Å²) >= 11 is 0. The first-order valence-corrected chi connectivity index (χ1v) is 7.80. The molecule has 0 saturated heterocycles. The van der Waals surface area contributed by atoms with E-state index in [0.29, 0.717) is 17.0 Å². The van der Waals surface area contributed by atoms with Crippen molar-refractivity contribution in [2.75, 3.05) is 10.6 Å². The van der Waals surface area contributed by atoms with Crippen LogP contribution in [0.15, 0.2) is 30.6 Å². The Labute approximate surface area is 147 Å². The fourth-order valence-electron chi connectivity index (χ4n) is 2.49. The second kappa shape index (κ2) is 7.23. The van der Waals surface area contributed by atoms with E-state index in [1.807, 2.05) is 0 Å². The van der Waals surface area contributed by atoms with Gasteiger partial charge in [0.25, 0.3) is 5.91 Å². The zero-order valence-electron chi connectivity index (χ0n) is 13.6. The maximum absolute atomic E-state index is 12.2. The van der Waals surface area contributed by atoms with Gasteiger partial charge in [-0.2, -0.15) is 0 Å². The number of aromatic amines is 1. The molecule has 1 aliphatic heterocycles. The van der Waals surface area contributed by atoms with Crippen molar-refractivity contribution < 1.29 is 24.2 Å². The van der Waals surface area contributed by atoms with Crippen LogP contribution in [0.4, 0.5) is 11.6 Å². The van der Waals surface area contributed by atoms with E-state index < -0.39 is 29.9 Å². The van der Waals surface area contributed by atoms with Crippen LogP contribution in [0.1, 0.15) is 12.0 Å². The maximum Gasteiger partial charge on any atom is 0.320 e. The highest BCUT2D eigenvalue weighted by molar-refractivity contribution is 6.01. The lowest BCUT2D eigenvalue weighted by molar-refractivity contribution is -0.138. The minimum absolute atomic E-state index is 0.119. The molecule has 0 spiro atoms. The highest BCUT2D eigenvalue weighted by atomic mass is 16.5. The average Bonchev–Trinajstić information content (AvgIpc) is 3.08. The third-order valence-corrected chi connectivity index (χ3v) is 3.76. The molecule has 0 bridgehead atoms. The second-order valence-corrected chi connectivity index (χ2v) is 5.77. The quantitative estimate of drug-likeness (QED) is 0.488. The number of nitrogens with one attached hydrogen (secondary N) is 3. The number of anilines is 2. The van der Waals surface area contributed by atoms with Crippen molar-refractivity contribution in [3.63, 3.8) is 0 Å². The lowest BCUT2D eigenvalue weighted by atomic mass is 10.0. The number of carboxylic acids is 1. The van der Waals surface area contributed by atoms with E-state index in [0.717, 1.165) is 0 Å². The lowest BCUT2D eigenvalue weighted by Gasteiger charge is -2.26. The minimum atomic E-state index is -1.11. The standard InChI is InChI=1S/C16H17N5O5/c17-9(15(24)25)5-8-1-2-11-10(6-8)20-14(23)12(26-11)7-13(22)21-16-18-3-4-19-16/h1-4,6,9,12H,5,7,17H2,(H,20,23)(H,24,25)(H2,18,19,21,22)/t9-,12?/m0/s1. The number of nitrogens with zero attached hydrogens (tertiary/aromatic N) is 1. The molecular weight excluding hydrogens is 342 g/mol. The van der Waals surface area contributed by atoms with Gasteiger partial charge in [-0.3, -0.25) is 19.7 Å². The van der Waals surface area contributed by atoms with Crippen molar-refractivity contribution in [3.05, 3.63) is 36.2 Å². The van der Waals surface area contributed by atoms with Crippen LogP contribution < -0.4 is 21.1 Å². The van der Waals surface area contributed by atoms with Gasteiger partial charge < -0.3 is 25.9 Å². The first kappa shape index (κ1) is 17.4. The van der Waals surface area contributed by atoms with Gasteiger partial charge in [0, 0.05) is 12.4 Å². The van der Waals surface area contributed by atoms with E-state index in [-0.39, 0.29) is 18.8 Å². The van der Waals surface area contributed by atoms with Crippen LogP contribution in [0, 0.1) is 0 Å². The molecule has 3 rings (SSSR count). The Kier molecular flexibility index (Phi) is 4.85. The van der Waals surface area contributed by atoms with Crippen molar-refractivity contribution in [1.29, 1.82) is 0 Å². The van der Waals surface area contributed by atoms with Crippen molar-refractivity contribution >= 4 is 29.4 Å². The van der Waals surface area contributed by atoms with Crippen molar-refractivity contribution in [1.82, 2.24) is 9.97 Å². The van der Waals surface area contributed by atoms with Crippen LogP contribution >= 0.6 is 0 Å². The van der Waals surface area contributed by atoms with Gasteiger partial charge in [-0.05, 0) is 24.1 Å². The summed E-state index contributed by atoms with van der Waals surface area (Å²) in [6.07, 6.45) is 2.00. The Balaban J connectivity index is 1.65. The third kappa shape index (κ3) is 3.98. The van der Waals surface area contributed by atoms with Gasteiger partial charge in [-0.15, -0.1) is 0 Å². The van der Waals surface area contributed by atoms with E-state index in [4.69, 9.17) is 15.6 Å². The molecule has 2 amide bonds. The highest BCUT2D eigenvalue weighted by Crippen LogP contribution is 2.31. The summed E-state index contributed by atoms with van der Waals surface area (Å²) in [5.41, 5.74) is 6.57. The molecule has 6 N–H and O–H groups in total. The summed E-state index contributed by atoms with van der Waals surface area (Å²) in [5, 5.41) is 14.1. The number of rotatable bonds is 6. The monoisotopic (exact) mass is 359 g/mol. The number of fused-ring (bicyclic) bond motifs is 1. The molecule has 2 atom stereocenters. The Morgan fingerprint density at radius 2 is 2.23 bits per heavy atom. The number of H-pyrrole nitrogens is 1. The number of hydrogen-bond acceptors (Lipinski definition) is 6. The van der Waals surface area contributed by atoms with Gasteiger partial charge in [-0.1, -0.05) is 6.07 Å². The summed E-state index contributed by atoms with van der Waals surface area (Å²) in [5.74, 6) is -1.32. The SMILES string of the molecule is N[C@@H](Cc1ccc2c(c1)NC(=O)C(CC(=O)Nc1ncc[nH]1)O2)C(=O)O. The molecule has 1 aliphatic rings. The molecular formula is C16H17N5O5. The average molecular weight is 359 g/mol. The van der Waals surface area contributed by atoms with Gasteiger partial charge in [0.15, 0.2) is 6.10 Å². The van der Waals surface area contributed by atoms with Crippen LogP contribution in [0.5, 0.6) is 5.75 Å². The maximum atomic E-state index is 12.2. The number of carboxylic acid groups (broad SMARTS) is 1. The lowest BCUT2D eigenvalue weighted by Crippen LogP contribution is -2.39. The molecule has 0 radical (unpaired) electrons. The number of ether oxygens (including phenoxy) is 1. The van der Waals surface area contributed by atoms with Gasteiger partial charge in [-0.25, -0.2) is 4.98 Å². The Hall–Kier alpha value is -3.40. The number of aromatic nitrogens is 2. The van der Waals surface area contributed by atoms with E-state index in [9.17, 15) is 14.4 Å². The van der Waals surface area contributed by atoms with E-state index in [1.165, 1.54) is 6.20 Å². The van der Waals surface area contributed by atoms with E-state index >= 15 is 0 Å². The zero-order chi connectivity index (χ0) is 18.7. The van der Waals surface area contributed by atoms with Gasteiger partial charge in [0.1, 0.15) is 11.8 Å². The number of carbonyl (C=O) groups excluding carboxylic acids is 2. The first-order valence-electron chi connectivity index (χ1n) is 7.80. The normalized spacial score (nSPS) is 16.8. The molecule has 10 nitrogen and oxygen atoms in total. The van der Waals surface area contributed by atoms with Crippen LogP contribution in [0.3, 0.4) is 0 Å². The summed E-state index contributed by atoms with van der Waals surface area (Å²) in [6.45, 7) is 0. The molecule has 0 fully saturated rings. The molecule has 2 heterocycles. The summed E-state index contributed by atoms with van der Waals surface area (Å²) in [6, 6.07) is 3.84.